The van der Waals surface area contributed by atoms with Crippen LogP contribution < -0.4 is 4.74 Å². The van der Waals surface area contributed by atoms with Crippen molar-refractivity contribution < 1.29 is 4.74 Å². The number of hydrogen-bond acceptors (Lipinski definition) is 1. The topological polar surface area (TPSA) is 9.23 Å². The molecule has 1 aromatic rings. The SMILES string of the molecule is C=C1C=Cc2cc(CC(C)C)ccc2O1. The largest absolute Gasteiger partial charge is 0.457 e. The highest BCUT2D eigenvalue weighted by molar-refractivity contribution is 5.63. The van der Waals surface area contributed by atoms with E-state index in [2.05, 4.69) is 38.6 Å². The Bertz CT molecular complexity index is 413. The predicted molar refractivity (Wildman–Crippen MR) is 63.8 cm³/mol. The third-order valence-corrected chi connectivity index (χ3v) is 2.41. The van der Waals surface area contributed by atoms with E-state index in [-0.39, 0.29) is 0 Å². The van der Waals surface area contributed by atoms with Crippen molar-refractivity contribution in [3.05, 3.63) is 47.7 Å². The van der Waals surface area contributed by atoms with Gasteiger partial charge in [0.25, 0.3) is 0 Å². The fraction of sp³-hybridized carbons (Fsp3) is 0.286. The number of fused-ring (bicyclic) bond motifs is 1. The average molecular weight is 200 g/mol. The fourth-order valence-corrected chi connectivity index (χ4v) is 1.78. The maximum absolute atomic E-state index is 5.51. The van der Waals surface area contributed by atoms with Crippen LogP contribution in [0.25, 0.3) is 6.08 Å². The molecule has 15 heavy (non-hydrogen) atoms. The molecule has 0 atom stereocenters. The zero-order chi connectivity index (χ0) is 10.8. The molecule has 1 nitrogen and oxygen atoms in total. The van der Waals surface area contributed by atoms with Crippen LogP contribution in [-0.4, -0.2) is 0 Å². The first-order valence-corrected chi connectivity index (χ1v) is 5.33. The molecule has 0 aliphatic carbocycles. The van der Waals surface area contributed by atoms with Gasteiger partial charge in [-0.15, -0.1) is 0 Å². The van der Waals surface area contributed by atoms with Crippen LogP contribution in [0.4, 0.5) is 0 Å². The molecule has 1 aliphatic rings. The van der Waals surface area contributed by atoms with Gasteiger partial charge >= 0.3 is 0 Å². The van der Waals surface area contributed by atoms with E-state index in [9.17, 15) is 0 Å². The summed E-state index contributed by atoms with van der Waals surface area (Å²) in [4.78, 5) is 0. The molecule has 1 aromatic carbocycles. The Kier molecular flexibility index (Phi) is 2.63. The standard InChI is InChI=1S/C14H16O/c1-10(2)8-12-5-7-14-13(9-12)6-4-11(3)15-14/h4-7,9-10H,3,8H2,1-2H3. The van der Waals surface area contributed by atoms with Crippen molar-refractivity contribution in [1.29, 1.82) is 0 Å². The van der Waals surface area contributed by atoms with Crippen molar-refractivity contribution in [2.45, 2.75) is 20.3 Å². The highest BCUT2D eigenvalue weighted by Crippen LogP contribution is 2.28. The van der Waals surface area contributed by atoms with Gasteiger partial charge in [0.1, 0.15) is 11.5 Å². The molecule has 0 bridgehead atoms. The Morgan fingerprint density at radius 3 is 2.80 bits per heavy atom. The summed E-state index contributed by atoms with van der Waals surface area (Å²) in [5.41, 5.74) is 2.52. The lowest BCUT2D eigenvalue weighted by Crippen LogP contribution is -2.00. The Labute approximate surface area is 91.1 Å². The van der Waals surface area contributed by atoms with Gasteiger partial charge in [-0.2, -0.15) is 0 Å². The van der Waals surface area contributed by atoms with Gasteiger partial charge in [-0.1, -0.05) is 26.5 Å². The Morgan fingerprint density at radius 1 is 1.27 bits per heavy atom. The van der Waals surface area contributed by atoms with Crippen LogP contribution >= 0.6 is 0 Å². The first-order valence-electron chi connectivity index (χ1n) is 5.33. The van der Waals surface area contributed by atoms with Crippen molar-refractivity contribution in [2.24, 2.45) is 5.92 Å². The first kappa shape index (κ1) is 10.0. The summed E-state index contributed by atoms with van der Waals surface area (Å²) in [7, 11) is 0. The monoisotopic (exact) mass is 200 g/mol. The van der Waals surface area contributed by atoms with E-state index >= 15 is 0 Å². The van der Waals surface area contributed by atoms with E-state index in [1.165, 1.54) is 5.56 Å². The summed E-state index contributed by atoms with van der Waals surface area (Å²) < 4.78 is 5.51. The number of allylic oxidation sites excluding steroid dienone is 1. The number of ether oxygens (including phenoxy) is 1. The number of hydrogen-bond donors (Lipinski definition) is 0. The third-order valence-electron chi connectivity index (χ3n) is 2.41. The fourth-order valence-electron chi connectivity index (χ4n) is 1.78. The van der Waals surface area contributed by atoms with Crippen LogP contribution in [0.2, 0.25) is 0 Å². The zero-order valence-electron chi connectivity index (χ0n) is 9.29. The molecule has 0 fully saturated rings. The predicted octanol–water partition coefficient (Wildman–Crippen LogP) is 3.80. The first-order chi connectivity index (χ1) is 7.15. The van der Waals surface area contributed by atoms with E-state index in [1.807, 2.05) is 12.1 Å². The smallest absolute Gasteiger partial charge is 0.134 e. The Hall–Kier alpha value is -1.50. The minimum absolute atomic E-state index is 0.687. The molecule has 0 radical (unpaired) electrons. The zero-order valence-corrected chi connectivity index (χ0v) is 9.29. The van der Waals surface area contributed by atoms with E-state index < -0.39 is 0 Å². The number of benzene rings is 1. The minimum atomic E-state index is 0.687. The molecular weight excluding hydrogens is 184 g/mol. The summed E-state index contributed by atoms with van der Waals surface area (Å²) in [5, 5.41) is 0. The van der Waals surface area contributed by atoms with Crippen LogP contribution in [0.15, 0.2) is 36.6 Å². The quantitative estimate of drug-likeness (QED) is 0.705. The normalized spacial score (nSPS) is 13.9. The molecule has 0 saturated carbocycles. The van der Waals surface area contributed by atoms with E-state index in [0.717, 1.165) is 17.7 Å². The minimum Gasteiger partial charge on any atom is -0.457 e. The summed E-state index contributed by atoms with van der Waals surface area (Å²) in [5.74, 6) is 2.31. The van der Waals surface area contributed by atoms with Crippen molar-refractivity contribution in [3.8, 4) is 5.75 Å². The molecule has 0 saturated heterocycles. The van der Waals surface area contributed by atoms with Gasteiger partial charge in [-0.25, -0.2) is 0 Å². The summed E-state index contributed by atoms with van der Waals surface area (Å²) in [6.07, 6.45) is 5.08. The highest BCUT2D eigenvalue weighted by Gasteiger charge is 2.08. The maximum Gasteiger partial charge on any atom is 0.134 e. The maximum atomic E-state index is 5.51. The summed E-state index contributed by atoms with van der Waals surface area (Å²) in [6, 6.07) is 6.35. The Balaban J connectivity index is 2.29. The molecule has 0 unspecified atom stereocenters. The molecule has 0 amide bonds. The third kappa shape index (κ3) is 2.30. The van der Waals surface area contributed by atoms with Gasteiger partial charge in [0.15, 0.2) is 0 Å². The van der Waals surface area contributed by atoms with Gasteiger partial charge in [0, 0.05) is 5.56 Å². The lowest BCUT2D eigenvalue weighted by Gasteiger charge is -2.15. The van der Waals surface area contributed by atoms with Crippen LogP contribution in [0, 0.1) is 5.92 Å². The lowest BCUT2D eigenvalue weighted by atomic mass is 10.00. The van der Waals surface area contributed by atoms with Crippen molar-refractivity contribution >= 4 is 6.08 Å². The van der Waals surface area contributed by atoms with Gasteiger partial charge in [-0.05, 0) is 42.2 Å². The van der Waals surface area contributed by atoms with Gasteiger partial charge < -0.3 is 4.74 Å². The van der Waals surface area contributed by atoms with E-state index in [1.54, 1.807) is 0 Å². The molecule has 1 heterocycles. The summed E-state index contributed by atoms with van der Waals surface area (Å²) in [6.45, 7) is 8.23. The van der Waals surface area contributed by atoms with E-state index in [0.29, 0.717) is 11.7 Å². The van der Waals surface area contributed by atoms with Gasteiger partial charge in [0.2, 0.25) is 0 Å². The van der Waals surface area contributed by atoms with Gasteiger partial charge in [-0.3, -0.25) is 0 Å². The average Bonchev–Trinajstić information content (AvgIpc) is 2.17. The molecule has 0 spiro atoms. The summed E-state index contributed by atoms with van der Waals surface area (Å²) >= 11 is 0. The molecule has 78 valence electrons. The molecular formula is C14H16O. The highest BCUT2D eigenvalue weighted by atomic mass is 16.5. The van der Waals surface area contributed by atoms with E-state index in [4.69, 9.17) is 4.74 Å². The van der Waals surface area contributed by atoms with Gasteiger partial charge in [0.05, 0.1) is 0 Å². The van der Waals surface area contributed by atoms with Crippen molar-refractivity contribution in [3.63, 3.8) is 0 Å². The molecule has 0 N–H and O–H groups in total. The number of rotatable bonds is 2. The van der Waals surface area contributed by atoms with Crippen LogP contribution in [-0.2, 0) is 6.42 Å². The van der Waals surface area contributed by atoms with Crippen molar-refractivity contribution in [2.75, 3.05) is 0 Å². The molecule has 0 aromatic heterocycles. The molecule has 1 aliphatic heterocycles. The van der Waals surface area contributed by atoms with Crippen LogP contribution in [0.1, 0.15) is 25.0 Å². The molecule has 2 rings (SSSR count). The van der Waals surface area contributed by atoms with Crippen LogP contribution in [0.3, 0.4) is 0 Å². The molecule has 1 heteroatoms. The van der Waals surface area contributed by atoms with Crippen molar-refractivity contribution in [1.82, 2.24) is 0 Å². The second-order valence-corrected chi connectivity index (χ2v) is 4.37. The second kappa shape index (κ2) is 3.93. The Morgan fingerprint density at radius 2 is 2.07 bits per heavy atom. The lowest BCUT2D eigenvalue weighted by molar-refractivity contribution is 0.442. The van der Waals surface area contributed by atoms with Crippen LogP contribution in [0.5, 0.6) is 5.75 Å². The second-order valence-electron chi connectivity index (χ2n) is 4.37.